The van der Waals surface area contributed by atoms with Crippen molar-refractivity contribution >= 4 is 11.3 Å². The Morgan fingerprint density at radius 3 is 2.39 bits per heavy atom. The van der Waals surface area contributed by atoms with E-state index >= 15 is 0 Å². The van der Waals surface area contributed by atoms with E-state index in [2.05, 4.69) is 48.7 Å². The monoisotopic (exact) mass is 251 g/mol. The lowest BCUT2D eigenvalue weighted by atomic mass is 10.1. The Bertz CT molecular complexity index is 656. The highest BCUT2D eigenvalue weighted by Crippen LogP contribution is 2.29. The van der Waals surface area contributed by atoms with Crippen LogP contribution < -0.4 is 0 Å². The molecular formula is C16H13NS. The van der Waals surface area contributed by atoms with Gasteiger partial charge < -0.3 is 0 Å². The molecule has 0 amide bonds. The van der Waals surface area contributed by atoms with Gasteiger partial charge in [0.15, 0.2) is 0 Å². The number of thiazole rings is 1. The summed E-state index contributed by atoms with van der Waals surface area (Å²) < 4.78 is 0. The normalized spacial score (nSPS) is 10.5. The molecule has 1 nitrogen and oxygen atoms in total. The molecule has 2 aromatic carbocycles. The number of aromatic nitrogens is 1. The van der Waals surface area contributed by atoms with Crippen LogP contribution in [-0.4, -0.2) is 4.98 Å². The first kappa shape index (κ1) is 11.2. The molecule has 3 aromatic rings. The Labute approximate surface area is 111 Å². The van der Waals surface area contributed by atoms with E-state index < -0.39 is 0 Å². The average molecular weight is 251 g/mol. The lowest BCUT2D eigenvalue weighted by molar-refractivity contribution is 1.37. The second kappa shape index (κ2) is 4.75. The molecule has 1 aromatic heterocycles. The van der Waals surface area contributed by atoms with Gasteiger partial charge in [0, 0.05) is 16.5 Å². The molecule has 0 fully saturated rings. The summed E-state index contributed by atoms with van der Waals surface area (Å²) in [6, 6.07) is 18.7. The molecule has 0 spiro atoms. The second-order valence-corrected chi connectivity index (χ2v) is 5.08. The molecule has 0 bridgehead atoms. The number of hydrogen-bond donors (Lipinski definition) is 0. The van der Waals surface area contributed by atoms with Gasteiger partial charge in [0.05, 0.1) is 5.69 Å². The summed E-state index contributed by atoms with van der Waals surface area (Å²) in [5.74, 6) is 0. The number of nitrogens with zero attached hydrogens (tertiary/aromatic N) is 1. The van der Waals surface area contributed by atoms with Crippen LogP contribution in [0.4, 0.5) is 0 Å². The fourth-order valence-electron chi connectivity index (χ4n) is 1.97. The van der Waals surface area contributed by atoms with E-state index in [9.17, 15) is 0 Å². The van der Waals surface area contributed by atoms with Gasteiger partial charge >= 0.3 is 0 Å². The standard InChI is InChI=1S/C16H13NS/c1-12-7-5-6-10-14(12)15-11-18-16(17-15)13-8-3-2-4-9-13/h2-11H,1H3. The van der Waals surface area contributed by atoms with Crippen molar-refractivity contribution in [3.63, 3.8) is 0 Å². The van der Waals surface area contributed by atoms with E-state index in [-0.39, 0.29) is 0 Å². The summed E-state index contributed by atoms with van der Waals surface area (Å²) in [5, 5.41) is 3.21. The van der Waals surface area contributed by atoms with E-state index in [4.69, 9.17) is 4.98 Å². The maximum Gasteiger partial charge on any atom is 0.124 e. The van der Waals surface area contributed by atoms with Gasteiger partial charge in [-0.3, -0.25) is 0 Å². The van der Waals surface area contributed by atoms with E-state index in [0.29, 0.717) is 0 Å². The van der Waals surface area contributed by atoms with Crippen LogP contribution in [0.1, 0.15) is 5.56 Å². The summed E-state index contributed by atoms with van der Waals surface area (Å²) in [7, 11) is 0. The minimum Gasteiger partial charge on any atom is -0.236 e. The Balaban J connectivity index is 2.03. The predicted molar refractivity (Wildman–Crippen MR) is 77.7 cm³/mol. The van der Waals surface area contributed by atoms with Gasteiger partial charge in [0.25, 0.3) is 0 Å². The lowest BCUT2D eigenvalue weighted by Gasteiger charge is -2.00. The third-order valence-electron chi connectivity index (χ3n) is 2.95. The summed E-state index contributed by atoms with van der Waals surface area (Å²) in [6.07, 6.45) is 0. The Morgan fingerprint density at radius 1 is 0.889 bits per heavy atom. The maximum absolute atomic E-state index is 4.73. The fourth-order valence-corrected chi connectivity index (χ4v) is 2.80. The van der Waals surface area contributed by atoms with Gasteiger partial charge in [0.1, 0.15) is 5.01 Å². The molecule has 2 heteroatoms. The van der Waals surface area contributed by atoms with Crippen molar-refractivity contribution in [2.24, 2.45) is 0 Å². The summed E-state index contributed by atoms with van der Waals surface area (Å²) in [4.78, 5) is 4.73. The molecular weight excluding hydrogens is 238 g/mol. The highest BCUT2D eigenvalue weighted by atomic mass is 32.1. The van der Waals surface area contributed by atoms with Crippen LogP contribution >= 0.6 is 11.3 Å². The topological polar surface area (TPSA) is 12.9 Å². The molecule has 0 atom stereocenters. The van der Waals surface area contributed by atoms with Gasteiger partial charge in [-0.1, -0.05) is 54.6 Å². The second-order valence-electron chi connectivity index (χ2n) is 4.22. The molecule has 88 valence electrons. The Hall–Kier alpha value is -1.93. The SMILES string of the molecule is Cc1ccccc1-c1csc(-c2ccccc2)n1. The number of rotatable bonds is 2. The van der Waals surface area contributed by atoms with Crippen molar-refractivity contribution in [2.45, 2.75) is 6.92 Å². The zero-order chi connectivity index (χ0) is 12.4. The molecule has 18 heavy (non-hydrogen) atoms. The minimum atomic E-state index is 1.07. The van der Waals surface area contributed by atoms with Crippen LogP contribution in [0.2, 0.25) is 0 Å². The molecule has 0 aliphatic carbocycles. The summed E-state index contributed by atoms with van der Waals surface area (Å²) in [6.45, 7) is 2.12. The van der Waals surface area contributed by atoms with Crippen LogP contribution in [-0.2, 0) is 0 Å². The van der Waals surface area contributed by atoms with E-state index in [0.717, 1.165) is 10.7 Å². The number of hydrogen-bond acceptors (Lipinski definition) is 2. The highest BCUT2D eigenvalue weighted by Gasteiger charge is 2.07. The molecule has 0 saturated carbocycles. The minimum absolute atomic E-state index is 1.07. The van der Waals surface area contributed by atoms with Gasteiger partial charge in [-0.2, -0.15) is 0 Å². The summed E-state index contributed by atoms with van der Waals surface area (Å²) >= 11 is 1.70. The van der Waals surface area contributed by atoms with Crippen LogP contribution in [0, 0.1) is 6.92 Å². The molecule has 0 saturated heterocycles. The van der Waals surface area contributed by atoms with E-state index in [1.54, 1.807) is 11.3 Å². The quantitative estimate of drug-likeness (QED) is 0.638. The largest absolute Gasteiger partial charge is 0.236 e. The van der Waals surface area contributed by atoms with Crippen LogP contribution in [0.25, 0.3) is 21.8 Å². The van der Waals surface area contributed by atoms with Crippen molar-refractivity contribution in [1.82, 2.24) is 4.98 Å². The average Bonchev–Trinajstić information content (AvgIpc) is 2.90. The lowest BCUT2D eigenvalue weighted by Crippen LogP contribution is -1.82. The van der Waals surface area contributed by atoms with E-state index in [1.165, 1.54) is 16.7 Å². The van der Waals surface area contributed by atoms with Gasteiger partial charge in [-0.25, -0.2) is 4.98 Å². The van der Waals surface area contributed by atoms with Crippen LogP contribution in [0.15, 0.2) is 60.0 Å². The van der Waals surface area contributed by atoms with Crippen LogP contribution in [0.3, 0.4) is 0 Å². The third kappa shape index (κ3) is 2.07. The van der Waals surface area contributed by atoms with Crippen molar-refractivity contribution in [1.29, 1.82) is 0 Å². The van der Waals surface area contributed by atoms with Crippen molar-refractivity contribution in [3.8, 4) is 21.8 Å². The Morgan fingerprint density at radius 2 is 1.61 bits per heavy atom. The fraction of sp³-hybridized carbons (Fsp3) is 0.0625. The zero-order valence-corrected chi connectivity index (χ0v) is 10.9. The predicted octanol–water partition coefficient (Wildman–Crippen LogP) is 4.79. The number of aryl methyl sites for hydroxylation is 1. The molecule has 0 aliphatic rings. The van der Waals surface area contributed by atoms with Crippen LogP contribution in [0.5, 0.6) is 0 Å². The number of benzene rings is 2. The van der Waals surface area contributed by atoms with Gasteiger partial charge in [-0.15, -0.1) is 11.3 Å². The van der Waals surface area contributed by atoms with E-state index in [1.807, 2.05) is 18.2 Å². The molecule has 0 aliphatic heterocycles. The first-order chi connectivity index (χ1) is 8.84. The van der Waals surface area contributed by atoms with Gasteiger partial charge in [-0.05, 0) is 12.5 Å². The molecule has 1 heterocycles. The Kier molecular flexibility index (Phi) is 2.95. The highest BCUT2D eigenvalue weighted by molar-refractivity contribution is 7.13. The van der Waals surface area contributed by atoms with Crippen molar-refractivity contribution < 1.29 is 0 Å². The molecule has 0 N–H and O–H groups in total. The maximum atomic E-state index is 4.73. The zero-order valence-electron chi connectivity index (χ0n) is 10.1. The first-order valence-electron chi connectivity index (χ1n) is 5.91. The van der Waals surface area contributed by atoms with Crippen molar-refractivity contribution in [2.75, 3.05) is 0 Å². The van der Waals surface area contributed by atoms with Crippen molar-refractivity contribution in [3.05, 3.63) is 65.5 Å². The molecule has 0 radical (unpaired) electrons. The molecule has 0 unspecified atom stereocenters. The smallest absolute Gasteiger partial charge is 0.124 e. The summed E-state index contributed by atoms with van der Waals surface area (Å²) in [5.41, 5.74) is 4.73. The third-order valence-corrected chi connectivity index (χ3v) is 3.84. The molecule has 3 rings (SSSR count). The first-order valence-corrected chi connectivity index (χ1v) is 6.79. The van der Waals surface area contributed by atoms with Gasteiger partial charge in [0.2, 0.25) is 0 Å².